The molecule has 0 unspecified atom stereocenters. The molecule has 0 bridgehead atoms. The highest BCUT2D eigenvalue weighted by molar-refractivity contribution is 7.99. The summed E-state index contributed by atoms with van der Waals surface area (Å²) in [5.41, 5.74) is 0. The average Bonchev–Trinajstić information content (AvgIpc) is 2.42. The summed E-state index contributed by atoms with van der Waals surface area (Å²) in [6.07, 6.45) is -0.586. The number of aliphatic hydroxyl groups excluding tert-OH is 1. The summed E-state index contributed by atoms with van der Waals surface area (Å²) < 4.78 is 0. The van der Waals surface area contributed by atoms with E-state index in [1.807, 2.05) is 24.3 Å². The summed E-state index contributed by atoms with van der Waals surface area (Å²) in [4.78, 5) is 22.8. The minimum atomic E-state index is -1.55. The highest BCUT2D eigenvalue weighted by Crippen LogP contribution is 2.21. The lowest BCUT2D eigenvalue weighted by Crippen LogP contribution is -2.36. The third-order valence-electron chi connectivity index (χ3n) is 2.41. The number of halogens is 1. The molecule has 1 aromatic carbocycles. The lowest BCUT2D eigenvalue weighted by Gasteiger charge is -2.07. The Morgan fingerprint density at radius 1 is 1.30 bits per heavy atom. The Labute approximate surface area is 126 Å². The molecule has 0 fully saturated rings. The zero-order valence-corrected chi connectivity index (χ0v) is 12.3. The molecule has 1 aromatic rings. The third-order valence-corrected chi connectivity index (χ3v) is 3.76. The number of carbonyl (C=O) groups excluding carboxylic acids is 1. The number of aliphatic hydroxyl groups is 1. The van der Waals surface area contributed by atoms with Gasteiger partial charge in [0.05, 0.1) is 6.54 Å². The summed E-state index contributed by atoms with van der Waals surface area (Å²) in [5, 5.41) is 20.5. The lowest BCUT2D eigenvalue weighted by molar-refractivity contribution is -0.146. The van der Waals surface area contributed by atoms with E-state index in [0.717, 1.165) is 10.6 Å². The number of carboxylic acid groups (broad SMARTS) is 1. The number of carboxylic acids is 1. The minimum absolute atomic E-state index is 0.262. The standard InChI is InChI=1S/C13H16ClNO4S/c14-9-3-5-10(6-4-9)20-7-1-2-12(17)15-8-11(16)13(18)19/h3-6,11,16H,1-2,7-8H2,(H,15,17)(H,18,19)/t11-/m0/s1. The van der Waals surface area contributed by atoms with Gasteiger partial charge in [0.25, 0.3) is 0 Å². The largest absolute Gasteiger partial charge is 0.479 e. The number of aliphatic carboxylic acids is 1. The molecule has 0 aromatic heterocycles. The van der Waals surface area contributed by atoms with Crippen molar-refractivity contribution in [2.45, 2.75) is 23.8 Å². The van der Waals surface area contributed by atoms with E-state index in [9.17, 15) is 9.59 Å². The number of rotatable bonds is 8. The molecular formula is C13H16ClNO4S. The van der Waals surface area contributed by atoms with E-state index in [4.69, 9.17) is 21.8 Å². The van der Waals surface area contributed by atoms with E-state index in [0.29, 0.717) is 17.9 Å². The van der Waals surface area contributed by atoms with Gasteiger partial charge >= 0.3 is 5.97 Å². The Morgan fingerprint density at radius 2 is 1.95 bits per heavy atom. The first kappa shape index (κ1) is 16.8. The fraction of sp³-hybridized carbons (Fsp3) is 0.385. The highest BCUT2D eigenvalue weighted by atomic mass is 35.5. The van der Waals surface area contributed by atoms with Gasteiger partial charge in [-0.1, -0.05) is 11.6 Å². The Morgan fingerprint density at radius 3 is 2.55 bits per heavy atom. The van der Waals surface area contributed by atoms with Crippen molar-refractivity contribution in [2.75, 3.05) is 12.3 Å². The van der Waals surface area contributed by atoms with Crippen LogP contribution >= 0.6 is 23.4 Å². The van der Waals surface area contributed by atoms with Crippen LogP contribution in [0.5, 0.6) is 0 Å². The molecular weight excluding hydrogens is 302 g/mol. The Kier molecular flexibility index (Phi) is 7.43. The summed E-state index contributed by atoms with van der Waals surface area (Å²) >= 11 is 7.39. The van der Waals surface area contributed by atoms with Gasteiger partial charge < -0.3 is 15.5 Å². The number of hydrogen-bond acceptors (Lipinski definition) is 4. The van der Waals surface area contributed by atoms with E-state index < -0.39 is 12.1 Å². The summed E-state index contributed by atoms with van der Waals surface area (Å²) in [6.45, 7) is -0.265. The van der Waals surface area contributed by atoms with E-state index in [-0.39, 0.29) is 12.5 Å². The van der Waals surface area contributed by atoms with Crippen LogP contribution in [-0.4, -0.2) is 40.5 Å². The van der Waals surface area contributed by atoms with Crippen LogP contribution in [0.4, 0.5) is 0 Å². The fourth-order valence-electron chi connectivity index (χ4n) is 1.34. The molecule has 0 saturated heterocycles. The van der Waals surface area contributed by atoms with Crippen molar-refractivity contribution < 1.29 is 19.8 Å². The molecule has 110 valence electrons. The first-order valence-electron chi connectivity index (χ1n) is 6.05. The second-order valence-corrected chi connectivity index (χ2v) is 5.67. The molecule has 1 rings (SSSR count). The number of hydrogen-bond donors (Lipinski definition) is 3. The molecule has 0 spiro atoms. The van der Waals surface area contributed by atoms with E-state index in [2.05, 4.69) is 5.32 Å². The molecule has 7 heteroatoms. The second kappa shape index (κ2) is 8.84. The van der Waals surface area contributed by atoms with Crippen molar-refractivity contribution in [1.29, 1.82) is 0 Å². The van der Waals surface area contributed by atoms with Gasteiger partial charge in [0.2, 0.25) is 5.91 Å². The van der Waals surface area contributed by atoms with E-state index in [1.54, 1.807) is 11.8 Å². The quantitative estimate of drug-likeness (QED) is 0.502. The normalized spacial score (nSPS) is 11.9. The summed E-state index contributed by atoms with van der Waals surface area (Å²) in [5.74, 6) is -0.832. The molecule has 0 saturated carbocycles. The molecule has 0 aliphatic carbocycles. The van der Waals surface area contributed by atoms with Crippen LogP contribution in [0.15, 0.2) is 29.2 Å². The number of amides is 1. The van der Waals surface area contributed by atoms with Crippen molar-refractivity contribution in [1.82, 2.24) is 5.32 Å². The topological polar surface area (TPSA) is 86.6 Å². The molecule has 3 N–H and O–H groups in total. The molecule has 0 aliphatic heterocycles. The maximum Gasteiger partial charge on any atom is 0.334 e. The monoisotopic (exact) mass is 317 g/mol. The predicted octanol–water partition coefficient (Wildman–Crippen LogP) is 1.77. The SMILES string of the molecule is O=C(CCCSc1ccc(Cl)cc1)NC[C@H](O)C(=O)O. The number of thioether (sulfide) groups is 1. The van der Waals surface area contributed by atoms with Crippen LogP contribution in [0.25, 0.3) is 0 Å². The minimum Gasteiger partial charge on any atom is -0.479 e. The van der Waals surface area contributed by atoms with Crippen LogP contribution in [0.2, 0.25) is 5.02 Å². The van der Waals surface area contributed by atoms with Gasteiger partial charge in [-0.25, -0.2) is 4.79 Å². The van der Waals surface area contributed by atoms with Gasteiger partial charge in [0.1, 0.15) is 0 Å². The predicted molar refractivity (Wildman–Crippen MR) is 78.1 cm³/mol. The second-order valence-electron chi connectivity index (χ2n) is 4.06. The van der Waals surface area contributed by atoms with Gasteiger partial charge in [-0.05, 0) is 36.4 Å². The van der Waals surface area contributed by atoms with Crippen LogP contribution in [0, 0.1) is 0 Å². The third kappa shape index (κ3) is 6.79. The number of nitrogens with one attached hydrogen (secondary N) is 1. The van der Waals surface area contributed by atoms with Crippen molar-refractivity contribution in [2.24, 2.45) is 0 Å². The smallest absolute Gasteiger partial charge is 0.334 e. The van der Waals surface area contributed by atoms with Crippen LogP contribution in [0.1, 0.15) is 12.8 Å². The van der Waals surface area contributed by atoms with Crippen molar-refractivity contribution in [3.8, 4) is 0 Å². The Balaban J connectivity index is 2.13. The van der Waals surface area contributed by atoms with Crippen LogP contribution in [-0.2, 0) is 9.59 Å². The first-order chi connectivity index (χ1) is 9.49. The zero-order valence-electron chi connectivity index (χ0n) is 10.7. The van der Waals surface area contributed by atoms with Crippen molar-refractivity contribution >= 4 is 35.2 Å². The number of benzene rings is 1. The summed E-state index contributed by atoms with van der Waals surface area (Å²) in [7, 11) is 0. The maximum atomic E-state index is 11.4. The van der Waals surface area contributed by atoms with Crippen LogP contribution in [0.3, 0.4) is 0 Å². The van der Waals surface area contributed by atoms with Crippen molar-refractivity contribution in [3.05, 3.63) is 29.3 Å². The van der Waals surface area contributed by atoms with Crippen LogP contribution < -0.4 is 5.32 Å². The fourth-order valence-corrected chi connectivity index (χ4v) is 2.32. The maximum absolute atomic E-state index is 11.4. The first-order valence-corrected chi connectivity index (χ1v) is 7.41. The molecule has 0 heterocycles. The van der Waals surface area contributed by atoms with Gasteiger partial charge in [0, 0.05) is 16.3 Å². The molecule has 1 amide bonds. The molecule has 0 aliphatic rings. The van der Waals surface area contributed by atoms with E-state index in [1.165, 1.54) is 0 Å². The number of carbonyl (C=O) groups is 2. The molecule has 0 radical (unpaired) electrons. The van der Waals surface area contributed by atoms with Gasteiger partial charge in [-0.15, -0.1) is 11.8 Å². The highest BCUT2D eigenvalue weighted by Gasteiger charge is 2.13. The Hall–Kier alpha value is -1.24. The zero-order chi connectivity index (χ0) is 15.0. The summed E-state index contributed by atoms with van der Waals surface area (Å²) in [6, 6.07) is 7.44. The van der Waals surface area contributed by atoms with Gasteiger partial charge in [0.15, 0.2) is 6.10 Å². The van der Waals surface area contributed by atoms with Gasteiger partial charge in [-0.2, -0.15) is 0 Å². The average molecular weight is 318 g/mol. The molecule has 20 heavy (non-hydrogen) atoms. The lowest BCUT2D eigenvalue weighted by atomic mass is 10.3. The van der Waals surface area contributed by atoms with Gasteiger partial charge in [-0.3, -0.25) is 4.79 Å². The van der Waals surface area contributed by atoms with Crippen molar-refractivity contribution in [3.63, 3.8) is 0 Å². The molecule has 5 nitrogen and oxygen atoms in total. The molecule has 1 atom stereocenters. The Bertz CT molecular complexity index is 452. The van der Waals surface area contributed by atoms with E-state index >= 15 is 0 Å².